The Labute approximate surface area is 121 Å². The minimum absolute atomic E-state index is 0.0797. The fourth-order valence-corrected chi connectivity index (χ4v) is 2.17. The zero-order valence-corrected chi connectivity index (χ0v) is 12.1. The Kier molecular flexibility index (Phi) is 5.05. The van der Waals surface area contributed by atoms with Crippen LogP contribution in [0.1, 0.15) is 31.4 Å². The van der Waals surface area contributed by atoms with Crippen LogP contribution in [0.4, 0.5) is 0 Å². The highest BCUT2D eigenvalue weighted by atomic mass is 32.2. The van der Waals surface area contributed by atoms with Gasteiger partial charge in [0.2, 0.25) is 11.1 Å². The molecule has 1 amide bonds. The summed E-state index contributed by atoms with van der Waals surface area (Å²) in [6.07, 6.45) is 3.91. The number of H-pyrrole nitrogens is 1. The standard InChI is InChI=1S/C12H16N6OS/c1-3-10-16-12(18-17-10)20-6-11(19)15-8(2)9-4-5-13-7-14-9/h4-5,7-8H,3,6H2,1-2H3,(H,15,19)(H,16,17,18)/t8-/m1/s1. The van der Waals surface area contributed by atoms with Gasteiger partial charge in [-0.25, -0.2) is 15.0 Å². The number of rotatable bonds is 6. The molecule has 0 fully saturated rings. The number of thioether (sulfide) groups is 1. The van der Waals surface area contributed by atoms with E-state index in [1.165, 1.54) is 18.1 Å². The number of nitrogens with one attached hydrogen (secondary N) is 2. The molecule has 2 aromatic rings. The summed E-state index contributed by atoms with van der Waals surface area (Å²) in [5.41, 5.74) is 0.782. The third-order valence-corrected chi connectivity index (χ3v) is 3.45. The van der Waals surface area contributed by atoms with Crippen molar-refractivity contribution in [1.82, 2.24) is 30.5 Å². The van der Waals surface area contributed by atoms with Gasteiger partial charge in [-0.1, -0.05) is 18.7 Å². The van der Waals surface area contributed by atoms with Gasteiger partial charge in [-0.15, -0.1) is 5.10 Å². The van der Waals surface area contributed by atoms with E-state index in [0.717, 1.165) is 17.9 Å². The molecule has 0 saturated carbocycles. The molecule has 20 heavy (non-hydrogen) atoms. The van der Waals surface area contributed by atoms with Crippen molar-refractivity contribution in [2.24, 2.45) is 0 Å². The average molecular weight is 292 g/mol. The Bertz CT molecular complexity index is 558. The second kappa shape index (κ2) is 6.99. The van der Waals surface area contributed by atoms with Crippen LogP contribution in [0.5, 0.6) is 0 Å². The number of aromatic amines is 1. The van der Waals surface area contributed by atoms with Crippen molar-refractivity contribution >= 4 is 17.7 Å². The number of amides is 1. The summed E-state index contributed by atoms with van der Waals surface area (Å²) in [7, 11) is 0. The third kappa shape index (κ3) is 4.02. The van der Waals surface area contributed by atoms with Gasteiger partial charge >= 0.3 is 0 Å². The first-order valence-electron chi connectivity index (χ1n) is 6.28. The Balaban J connectivity index is 1.80. The molecular weight excluding hydrogens is 276 g/mol. The first kappa shape index (κ1) is 14.4. The van der Waals surface area contributed by atoms with Crippen LogP contribution in [-0.2, 0) is 11.2 Å². The lowest BCUT2D eigenvalue weighted by molar-refractivity contribution is -0.119. The van der Waals surface area contributed by atoms with E-state index >= 15 is 0 Å². The van der Waals surface area contributed by atoms with Gasteiger partial charge in [-0.05, 0) is 13.0 Å². The molecule has 0 unspecified atom stereocenters. The summed E-state index contributed by atoms with van der Waals surface area (Å²) in [5.74, 6) is 1.02. The topological polar surface area (TPSA) is 96.5 Å². The summed E-state index contributed by atoms with van der Waals surface area (Å²) >= 11 is 1.30. The quantitative estimate of drug-likeness (QED) is 0.775. The van der Waals surface area contributed by atoms with Crippen molar-refractivity contribution in [3.63, 3.8) is 0 Å². The highest BCUT2D eigenvalue weighted by Gasteiger charge is 2.12. The molecular formula is C12H16N6OS. The van der Waals surface area contributed by atoms with E-state index in [1.807, 2.05) is 13.8 Å². The molecule has 8 heteroatoms. The van der Waals surface area contributed by atoms with Gasteiger partial charge in [0.05, 0.1) is 17.5 Å². The van der Waals surface area contributed by atoms with E-state index in [1.54, 1.807) is 12.3 Å². The fourth-order valence-electron chi connectivity index (χ4n) is 1.54. The molecule has 2 N–H and O–H groups in total. The lowest BCUT2D eigenvalue weighted by Gasteiger charge is -2.12. The number of aromatic nitrogens is 5. The number of aryl methyl sites for hydroxylation is 1. The maximum Gasteiger partial charge on any atom is 0.231 e. The van der Waals surface area contributed by atoms with Gasteiger partial charge in [-0.2, -0.15) is 0 Å². The third-order valence-electron chi connectivity index (χ3n) is 2.60. The second-order valence-corrected chi connectivity index (χ2v) is 5.07. The lowest BCUT2D eigenvalue weighted by Crippen LogP contribution is -2.28. The molecule has 106 valence electrons. The fraction of sp³-hybridized carbons (Fsp3) is 0.417. The number of carbonyl (C=O) groups excluding carboxylic acids is 1. The molecule has 0 aromatic carbocycles. The summed E-state index contributed by atoms with van der Waals surface area (Å²) in [5, 5.41) is 10.3. The number of carbonyl (C=O) groups is 1. The first-order chi connectivity index (χ1) is 9.69. The molecule has 1 atom stereocenters. The number of hydrogen-bond acceptors (Lipinski definition) is 6. The molecule has 0 saturated heterocycles. The first-order valence-corrected chi connectivity index (χ1v) is 7.27. The molecule has 7 nitrogen and oxygen atoms in total. The predicted molar refractivity (Wildman–Crippen MR) is 75.1 cm³/mol. The van der Waals surface area contributed by atoms with Gasteiger partial charge in [0.1, 0.15) is 12.2 Å². The van der Waals surface area contributed by atoms with Crippen molar-refractivity contribution in [1.29, 1.82) is 0 Å². The van der Waals surface area contributed by atoms with Gasteiger partial charge in [0.25, 0.3) is 0 Å². The van der Waals surface area contributed by atoms with E-state index in [9.17, 15) is 4.79 Å². The molecule has 0 spiro atoms. The lowest BCUT2D eigenvalue weighted by atomic mass is 10.2. The van der Waals surface area contributed by atoms with Crippen molar-refractivity contribution < 1.29 is 4.79 Å². The van der Waals surface area contributed by atoms with Crippen LogP contribution >= 0.6 is 11.8 Å². The van der Waals surface area contributed by atoms with Crippen molar-refractivity contribution in [3.05, 3.63) is 30.1 Å². The summed E-state index contributed by atoms with van der Waals surface area (Å²) in [6.45, 7) is 3.87. The zero-order valence-electron chi connectivity index (χ0n) is 11.3. The maximum atomic E-state index is 11.8. The van der Waals surface area contributed by atoms with E-state index in [0.29, 0.717) is 5.16 Å². The zero-order chi connectivity index (χ0) is 14.4. The molecule has 2 heterocycles. The normalized spacial score (nSPS) is 12.1. The van der Waals surface area contributed by atoms with Crippen molar-refractivity contribution in [2.45, 2.75) is 31.5 Å². The molecule has 0 aliphatic heterocycles. The van der Waals surface area contributed by atoms with E-state index in [4.69, 9.17) is 0 Å². The SMILES string of the molecule is CCc1nc(SCC(=O)N[C@H](C)c2ccncn2)n[nH]1. The second-order valence-electron chi connectivity index (χ2n) is 4.13. The molecule has 0 aliphatic rings. The summed E-state index contributed by atoms with van der Waals surface area (Å²) < 4.78 is 0. The smallest absolute Gasteiger partial charge is 0.231 e. The van der Waals surface area contributed by atoms with Crippen molar-refractivity contribution in [2.75, 3.05) is 5.75 Å². The van der Waals surface area contributed by atoms with Crippen LogP contribution in [0.15, 0.2) is 23.7 Å². The molecule has 0 aliphatic carbocycles. The largest absolute Gasteiger partial charge is 0.347 e. The Hall–Kier alpha value is -1.96. The minimum Gasteiger partial charge on any atom is -0.347 e. The summed E-state index contributed by atoms with van der Waals surface area (Å²) in [6, 6.07) is 1.63. The average Bonchev–Trinajstić information content (AvgIpc) is 2.94. The molecule has 2 aromatic heterocycles. The molecule has 0 radical (unpaired) electrons. The van der Waals surface area contributed by atoms with Crippen LogP contribution < -0.4 is 5.32 Å². The predicted octanol–water partition coefficient (Wildman–Crippen LogP) is 1.13. The van der Waals surface area contributed by atoms with Gasteiger partial charge in [0, 0.05) is 12.6 Å². The maximum absolute atomic E-state index is 11.8. The minimum atomic E-state index is -0.149. The van der Waals surface area contributed by atoms with E-state index < -0.39 is 0 Å². The summed E-state index contributed by atoms with van der Waals surface area (Å²) in [4.78, 5) is 24.0. The van der Waals surface area contributed by atoms with Crippen LogP contribution in [0.25, 0.3) is 0 Å². The monoisotopic (exact) mass is 292 g/mol. The molecule has 2 rings (SSSR count). The van der Waals surface area contributed by atoms with Crippen molar-refractivity contribution in [3.8, 4) is 0 Å². The Morgan fingerprint density at radius 2 is 2.40 bits per heavy atom. The van der Waals surface area contributed by atoms with Crippen LogP contribution in [0.2, 0.25) is 0 Å². The van der Waals surface area contributed by atoms with Crippen LogP contribution in [-0.4, -0.2) is 36.8 Å². The van der Waals surface area contributed by atoms with E-state index in [-0.39, 0.29) is 17.7 Å². The Morgan fingerprint density at radius 3 is 3.05 bits per heavy atom. The van der Waals surface area contributed by atoms with E-state index in [2.05, 4.69) is 30.5 Å². The highest BCUT2D eigenvalue weighted by molar-refractivity contribution is 7.99. The highest BCUT2D eigenvalue weighted by Crippen LogP contribution is 2.13. The van der Waals surface area contributed by atoms with Crippen LogP contribution in [0.3, 0.4) is 0 Å². The Morgan fingerprint density at radius 1 is 1.55 bits per heavy atom. The van der Waals surface area contributed by atoms with Gasteiger partial charge in [-0.3, -0.25) is 9.89 Å². The van der Waals surface area contributed by atoms with Gasteiger partial charge in [0.15, 0.2) is 0 Å². The van der Waals surface area contributed by atoms with Gasteiger partial charge < -0.3 is 5.32 Å². The molecule has 0 bridgehead atoms. The number of hydrogen-bond donors (Lipinski definition) is 2. The number of nitrogens with zero attached hydrogens (tertiary/aromatic N) is 4. The van der Waals surface area contributed by atoms with Crippen LogP contribution in [0, 0.1) is 0 Å².